The third-order valence-electron chi connectivity index (χ3n) is 11.0. The highest BCUT2D eigenvalue weighted by Gasteiger charge is 2.53. The zero-order valence-corrected chi connectivity index (χ0v) is 33.5. The second-order valence-corrected chi connectivity index (χ2v) is 15.7. The third kappa shape index (κ3) is 9.42. The Hall–Kier alpha value is -4.58. The maximum atomic E-state index is 13.0. The number of ether oxygens (including phenoxy) is 5. The fourth-order valence-electron chi connectivity index (χ4n) is 7.73. The van der Waals surface area contributed by atoms with Crippen LogP contribution in [0.3, 0.4) is 0 Å². The Bertz CT molecular complexity index is 2200. The fourth-order valence-corrected chi connectivity index (χ4v) is 7.99. The Balaban J connectivity index is 0.902. The standard InChI is InChI=1S/C44H49ClN2O12/c1-23(15-16-55-32-13-12-26(18-30(32)45)20-47(3)21-28-9-6-8-27-7-4-5-10-29(27)28)40-38(52)39(53)44(59-40)58-33-14-11-25(19-31(33)48)17-24(2)43(54)46-34-35(49)37(51)42-41(36(34)50)56-22-57-42/h4-15,17-19,34-42,44,48-53H,16,20-22H2,1-3H3,(H,46,54)/b23-15+,24-17+/t34-,35+,36-,37-,38+,39+,40-,41+,42-,44-/m1/s1. The van der Waals surface area contributed by atoms with E-state index in [9.17, 15) is 35.4 Å². The summed E-state index contributed by atoms with van der Waals surface area (Å²) in [5.41, 5.74) is 3.43. The molecule has 1 saturated carbocycles. The van der Waals surface area contributed by atoms with Gasteiger partial charge in [0.05, 0.1) is 11.1 Å². The van der Waals surface area contributed by atoms with Crippen LogP contribution in [0.1, 0.15) is 30.5 Å². The fraction of sp³-hybridized carbons (Fsp3) is 0.386. The molecule has 15 heteroatoms. The first-order chi connectivity index (χ1) is 28.3. The molecule has 2 saturated heterocycles. The molecule has 10 atom stereocenters. The topological polar surface area (TPSA) is 200 Å². The molecule has 2 aliphatic heterocycles. The van der Waals surface area contributed by atoms with Crippen LogP contribution in [0, 0.1) is 0 Å². The van der Waals surface area contributed by atoms with Gasteiger partial charge in [0, 0.05) is 18.7 Å². The number of aliphatic hydroxyl groups excluding tert-OH is 5. The molecule has 2 heterocycles. The van der Waals surface area contributed by atoms with Gasteiger partial charge in [0.25, 0.3) is 0 Å². The molecule has 4 aromatic carbocycles. The molecular weight excluding hydrogens is 784 g/mol. The van der Waals surface area contributed by atoms with Gasteiger partial charge < -0.3 is 59.6 Å². The summed E-state index contributed by atoms with van der Waals surface area (Å²) >= 11 is 6.61. The number of aliphatic hydroxyl groups is 5. The molecule has 0 unspecified atom stereocenters. The van der Waals surface area contributed by atoms with Crippen LogP contribution in [0.5, 0.6) is 17.2 Å². The summed E-state index contributed by atoms with van der Waals surface area (Å²) in [6.45, 7) is 4.64. The monoisotopic (exact) mass is 832 g/mol. The summed E-state index contributed by atoms with van der Waals surface area (Å²) in [6.07, 6.45) is -7.90. The number of nitrogens with zero attached hydrogens (tertiary/aromatic N) is 1. The lowest BCUT2D eigenvalue weighted by molar-refractivity contribution is -0.155. The van der Waals surface area contributed by atoms with Gasteiger partial charge in [-0.1, -0.05) is 66.2 Å². The van der Waals surface area contributed by atoms with Crippen LogP contribution in [0.4, 0.5) is 0 Å². The van der Waals surface area contributed by atoms with Crippen LogP contribution < -0.4 is 14.8 Å². The second kappa shape index (κ2) is 18.4. The molecular formula is C44H49ClN2O12. The molecule has 0 spiro atoms. The molecule has 14 nitrogen and oxygen atoms in total. The average molecular weight is 833 g/mol. The first kappa shape index (κ1) is 42.5. The lowest BCUT2D eigenvalue weighted by Gasteiger charge is -2.41. The maximum absolute atomic E-state index is 13.0. The number of benzene rings is 4. The van der Waals surface area contributed by atoms with Crippen LogP contribution in [0.15, 0.2) is 96.1 Å². The van der Waals surface area contributed by atoms with Gasteiger partial charge in [-0.25, -0.2) is 0 Å². The highest BCUT2D eigenvalue weighted by atomic mass is 35.5. The van der Waals surface area contributed by atoms with E-state index in [4.69, 9.17) is 35.3 Å². The number of phenols is 1. The first-order valence-corrected chi connectivity index (χ1v) is 19.7. The summed E-state index contributed by atoms with van der Waals surface area (Å²) in [4.78, 5) is 15.2. The van der Waals surface area contributed by atoms with Crippen LogP contribution >= 0.6 is 11.6 Å². The van der Waals surface area contributed by atoms with Crippen LogP contribution in [0.2, 0.25) is 5.02 Å². The smallest absolute Gasteiger partial charge is 0.247 e. The molecule has 0 radical (unpaired) electrons. The number of fused-ring (bicyclic) bond motifs is 2. The number of nitrogens with one attached hydrogen (secondary N) is 1. The third-order valence-corrected chi connectivity index (χ3v) is 11.2. The van der Waals surface area contributed by atoms with Crippen molar-refractivity contribution in [2.24, 2.45) is 0 Å². The molecule has 314 valence electrons. The number of halogens is 1. The van der Waals surface area contributed by atoms with Gasteiger partial charge in [-0.3, -0.25) is 9.69 Å². The van der Waals surface area contributed by atoms with Crippen LogP contribution in [-0.2, 0) is 32.1 Å². The van der Waals surface area contributed by atoms with Gasteiger partial charge in [-0.2, -0.15) is 0 Å². The predicted molar refractivity (Wildman–Crippen MR) is 217 cm³/mol. The van der Waals surface area contributed by atoms with Crippen molar-refractivity contribution in [1.82, 2.24) is 10.2 Å². The van der Waals surface area contributed by atoms with Crippen molar-refractivity contribution in [3.63, 3.8) is 0 Å². The average Bonchev–Trinajstić information content (AvgIpc) is 3.82. The molecule has 0 bridgehead atoms. The quantitative estimate of drug-likeness (QED) is 0.0765. The van der Waals surface area contributed by atoms with E-state index in [0.29, 0.717) is 28.5 Å². The SMILES string of the molecule is C/C(=C\c1ccc(O[C@@H]2O[C@H](/C(C)=C/COc3ccc(CN(C)Cc4cccc5ccccc45)cc3Cl)[C@@H](O)[C@@H]2O)c(O)c1)C(=O)N[C@@H]1[C@H](O)[C@@H](O)[C@H]2OCO[C@H]2[C@@H]1O. The van der Waals surface area contributed by atoms with Crippen molar-refractivity contribution in [2.75, 3.05) is 20.4 Å². The summed E-state index contributed by atoms with van der Waals surface area (Å²) in [6, 6.07) is 23.4. The van der Waals surface area contributed by atoms with E-state index in [1.807, 2.05) is 30.3 Å². The largest absolute Gasteiger partial charge is 0.504 e. The summed E-state index contributed by atoms with van der Waals surface area (Å²) in [7, 11) is 2.06. The van der Waals surface area contributed by atoms with Crippen molar-refractivity contribution in [2.45, 2.75) is 88.1 Å². The Morgan fingerprint density at radius 1 is 0.864 bits per heavy atom. The van der Waals surface area contributed by atoms with E-state index in [1.54, 1.807) is 19.1 Å². The van der Waals surface area contributed by atoms with Gasteiger partial charge in [-0.15, -0.1) is 0 Å². The molecule has 7 rings (SSSR count). The van der Waals surface area contributed by atoms with Crippen molar-refractivity contribution in [3.05, 3.63) is 118 Å². The number of aromatic hydroxyl groups is 1. The number of hydrogen-bond donors (Lipinski definition) is 7. The van der Waals surface area contributed by atoms with E-state index < -0.39 is 67.1 Å². The molecule has 3 fully saturated rings. The van der Waals surface area contributed by atoms with Crippen molar-refractivity contribution < 1.29 is 59.1 Å². The minimum atomic E-state index is -1.50. The predicted octanol–water partition coefficient (Wildman–Crippen LogP) is 3.41. The molecule has 1 amide bonds. The Morgan fingerprint density at radius 3 is 2.36 bits per heavy atom. The van der Waals surface area contributed by atoms with Gasteiger partial charge >= 0.3 is 0 Å². The molecule has 4 aromatic rings. The normalized spacial score (nSPS) is 28.5. The van der Waals surface area contributed by atoms with Gasteiger partial charge in [0.1, 0.15) is 68.0 Å². The Morgan fingerprint density at radius 2 is 1.59 bits per heavy atom. The molecule has 1 aliphatic carbocycles. The van der Waals surface area contributed by atoms with Gasteiger partial charge in [0.15, 0.2) is 11.5 Å². The van der Waals surface area contributed by atoms with E-state index in [2.05, 4.69) is 47.6 Å². The molecule has 59 heavy (non-hydrogen) atoms. The minimum Gasteiger partial charge on any atom is -0.504 e. The number of carbonyl (C=O) groups excluding carboxylic acids is 1. The zero-order chi connectivity index (χ0) is 42.0. The highest BCUT2D eigenvalue weighted by Crippen LogP contribution is 2.35. The molecule has 3 aliphatic rings. The summed E-state index contributed by atoms with van der Waals surface area (Å²) < 4.78 is 28.1. The second-order valence-electron chi connectivity index (χ2n) is 15.3. The van der Waals surface area contributed by atoms with E-state index in [1.165, 1.54) is 41.5 Å². The van der Waals surface area contributed by atoms with Gasteiger partial charge in [0.2, 0.25) is 12.2 Å². The zero-order valence-electron chi connectivity index (χ0n) is 32.7. The summed E-state index contributed by atoms with van der Waals surface area (Å²) in [5, 5.41) is 69.4. The molecule has 7 N–H and O–H groups in total. The van der Waals surface area contributed by atoms with Crippen LogP contribution in [-0.4, -0.2) is 123 Å². The van der Waals surface area contributed by atoms with Crippen molar-refractivity contribution in [3.8, 4) is 17.2 Å². The Kier molecular flexibility index (Phi) is 13.2. The van der Waals surface area contributed by atoms with Crippen LogP contribution in [0.25, 0.3) is 16.8 Å². The van der Waals surface area contributed by atoms with E-state index in [-0.39, 0.29) is 30.5 Å². The lowest BCUT2D eigenvalue weighted by atomic mass is 9.83. The van der Waals surface area contributed by atoms with Crippen molar-refractivity contribution in [1.29, 1.82) is 0 Å². The van der Waals surface area contributed by atoms with Crippen molar-refractivity contribution >= 4 is 34.4 Å². The Labute approximate surface area is 346 Å². The number of hydrogen-bond acceptors (Lipinski definition) is 13. The van der Waals surface area contributed by atoms with Gasteiger partial charge in [-0.05, 0) is 90.3 Å². The lowest BCUT2D eigenvalue weighted by Crippen LogP contribution is -2.67. The number of rotatable bonds is 13. The van der Waals surface area contributed by atoms with E-state index in [0.717, 1.165) is 12.1 Å². The molecule has 0 aromatic heterocycles. The maximum Gasteiger partial charge on any atom is 0.247 e. The minimum absolute atomic E-state index is 0.0419. The number of phenolic OH excluding ortho intramolecular Hbond substituents is 1. The first-order valence-electron chi connectivity index (χ1n) is 19.3. The number of amides is 1. The van der Waals surface area contributed by atoms with E-state index >= 15 is 0 Å². The summed E-state index contributed by atoms with van der Waals surface area (Å²) in [5.74, 6) is -0.516. The number of carbonyl (C=O) groups is 1. The highest BCUT2D eigenvalue weighted by molar-refractivity contribution is 6.32.